The molecular formula is C5H9N3O2S. The zero-order chi connectivity index (χ0) is 8.27. The fraction of sp³-hybridized carbons (Fsp3) is 0.600. The normalized spacial score (nSPS) is 10.0. The molecule has 0 spiro atoms. The van der Waals surface area contributed by atoms with Gasteiger partial charge in [-0.25, -0.2) is 9.89 Å². The maximum Gasteiger partial charge on any atom is 0.377 e. The predicted molar refractivity (Wildman–Crippen MR) is 41.7 cm³/mol. The molecule has 0 aliphatic carbocycles. The summed E-state index contributed by atoms with van der Waals surface area (Å²) in [6, 6.07) is 0. The summed E-state index contributed by atoms with van der Waals surface area (Å²) in [6.07, 6.45) is 0. The van der Waals surface area contributed by atoms with Crippen molar-refractivity contribution in [3.63, 3.8) is 0 Å². The third-order valence-electron chi connectivity index (χ3n) is 1.06. The van der Waals surface area contributed by atoms with Gasteiger partial charge in [0.25, 0.3) is 0 Å². The van der Waals surface area contributed by atoms with Gasteiger partial charge in [-0.05, 0) is 5.75 Å². The first kappa shape index (κ1) is 8.19. The highest BCUT2D eigenvalue weighted by molar-refractivity contribution is 7.99. The smallest absolute Gasteiger partial charge is 0.377 e. The van der Waals surface area contributed by atoms with E-state index < -0.39 is 0 Å². The van der Waals surface area contributed by atoms with E-state index in [0.717, 1.165) is 10.5 Å². The zero-order valence-electron chi connectivity index (χ0n) is 6.33. The van der Waals surface area contributed by atoms with Crippen LogP contribution < -0.4 is 10.5 Å². The summed E-state index contributed by atoms with van der Waals surface area (Å²) in [6.45, 7) is 1.98. The van der Waals surface area contributed by atoms with Gasteiger partial charge in [-0.15, -0.1) is 9.83 Å². The van der Waals surface area contributed by atoms with Crippen LogP contribution in [0.5, 0.6) is 0 Å². The van der Waals surface area contributed by atoms with Gasteiger partial charge in [0.05, 0.1) is 0 Å². The number of nitrogens with zero attached hydrogens (tertiary/aromatic N) is 2. The van der Waals surface area contributed by atoms with Crippen molar-refractivity contribution < 1.29 is 4.84 Å². The topological polar surface area (TPSA) is 59.9 Å². The van der Waals surface area contributed by atoms with Crippen LogP contribution in [0.15, 0.2) is 9.95 Å². The lowest BCUT2D eigenvalue weighted by molar-refractivity contribution is 0.135. The average molecular weight is 175 g/mol. The number of aromatic nitrogens is 3. The van der Waals surface area contributed by atoms with Crippen LogP contribution in [-0.4, -0.2) is 27.8 Å². The number of aromatic amines is 1. The first-order valence-corrected chi connectivity index (χ1v) is 4.12. The highest BCUT2D eigenvalue weighted by atomic mass is 32.2. The molecule has 0 amide bonds. The molecule has 11 heavy (non-hydrogen) atoms. The lowest BCUT2D eigenvalue weighted by Gasteiger charge is -1.98. The molecule has 1 heterocycles. The molecule has 1 rings (SSSR count). The van der Waals surface area contributed by atoms with E-state index in [-0.39, 0.29) is 5.69 Å². The SMILES string of the molecule is CCSc1n[nH]c(=O)n1OC. The molecule has 0 fully saturated rings. The maximum atomic E-state index is 10.9. The van der Waals surface area contributed by atoms with Crippen molar-refractivity contribution in [2.75, 3.05) is 12.9 Å². The molecule has 1 aromatic heterocycles. The summed E-state index contributed by atoms with van der Waals surface area (Å²) in [4.78, 5) is 15.6. The number of hydrogen-bond donors (Lipinski definition) is 1. The summed E-state index contributed by atoms with van der Waals surface area (Å²) in [5.74, 6) is 0.855. The van der Waals surface area contributed by atoms with Crippen LogP contribution in [0.3, 0.4) is 0 Å². The lowest BCUT2D eigenvalue weighted by Crippen LogP contribution is -2.22. The number of H-pyrrole nitrogens is 1. The Hall–Kier alpha value is -0.910. The van der Waals surface area contributed by atoms with E-state index in [1.165, 1.54) is 18.9 Å². The van der Waals surface area contributed by atoms with Gasteiger partial charge in [-0.1, -0.05) is 18.7 Å². The van der Waals surface area contributed by atoms with Crippen LogP contribution in [0.25, 0.3) is 0 Å². The third-order valence-corrected chi connectivity index (χ3v) is 1.87. The van der Waals surface area contributed by atoms with Crippen molar-refractivity contribution >= 4 is 11.8 Å². The summed E-state index contributed by atoms with van der Waals surface area (Å²) < 4.78 is 1.12. The molecule has 0 bridgehead atoms. The first-order chi connectivity index (χ1) is 5.29. The number of nitrogens with one attached hydrogen (secondary N) is 1. The quantitative estimate of drug-likeness (QED) is 0.643. The maximum absolute atomic E-state index is 10.9. The van der Waals surface area contributed by atoms with Crippen LogP contribution in [0.4, 0.5) is 0 Å². The van der Waals surface area contributed by atoms with E-state index in [0.29, 0.717) is 5.16 Å². The second-order valence-electron chi connectivity index (χ2n) is 1.72. The molecule has 0 aliphatic heterocycles. The van der Waals surface area contributed by atoms with Crippen molar-refractivity contribution in [3.8, 4) is 0 Å². The Morgan fingerprint density at radius 2 is 2.55 bits per heavy atom. The second-order valence-corrected chi connectivity index (χ2v) is 2.95. The molecule has 1 aromatic rings. The molecule has 5 nitrogen and oxygen atoms in total. The van der Waals surface area contributed by atoms with Gasteiger partial charge in [-0.2, -0.15) is 0 Å². The van der Waals surface area contributed by atoms with Gasteiger partial charge < -0.3 is 4.84 Å². The van der Waals surface area contributed by atoms with E-state index in [4.69, 9.17) is 4.84 Å². The van der Waals surface area contributed by atoms with Crippen molar-refractivity contribution in [2.24, 2.45) is 0 Å². The second kappa shape index (κ2) is 3.47. The highest BCUT2D eigenvalue weighted by Gasteiger charge is 2.06. The molecule has 0 aliphatic rings. The average Bonchev–Trinajstić information content (AvgIpc) is 2.33. The van der Waals surface area contributed by atoms with Gasteiger partial charge in [0.2, 0.25) is 5.16 Å². The van der Waals surface area contributed by atoms with Gasteiger partial charge in [0.15, 0.2) is 0 Å². The van der Waals surface area contributed by atoms with Crippen molar-refractivity contribution in [1.82, 2.24) is 14.9 Å². The predicted octanol–water partition coefficient (Wildman–Crippen LogP) is -0.258. The molecule has 1 N–H and O–H groups in total. The van der Waals surface area contributed by atoms with E-state index in [9.17, 15) is 4.79 Å². The third kappa shape index (κ3) is 1.56. The number of hydrogen-bond acceptors (Lipinski definition) is 4. The number of thioether (sulfide) groups is 1. The molecule has 0 saturated carbocycles. The van der Waals surface area contributed by atoms with E-state index in [1.54, 1.807) is 0 Å². The van der Waals surface area contributed by atoms with Crippen LogP contribution in [0.1, 0.15) is 6.92 Å². The summed E-state index contributed by atoms with van der Waals surface area (Å²) >= 11 is 1.44. The molecule has 0 atom stereocenters. The Morgan fingerprint density at radius 3 is 3.09 bits per heavy atom. The van der Waals surface area contributed by atoms with Crippen molar-refractivity contribution in [3.05, 3.63) is 10.5 Å². The fourth-order valence-corrected chi connectivity index (χ4v) is 1.30. The van der Waals surface area contributed by atoms with Gasteiger partial charge in [-0.3, -0.25) is 0 Å². The molecule has 0 aromatic carbocycles. The first-order valence-electron chi connectivity index (χ1n) is 3.14. The van der Waals surface area contributed by atoms with Crippen LogP contribution in [0, 0.1) is 0 Å². The largest absolute Gasteiger partial charge is 0.410 e. The minimum absolute atomic E-state index is 0.344. The van der Waals surface area contributed by atoms with Crippen LogP contribution in [0.2, 0.25) is 0 Å². The van der Waals surface area contributed by atoms with Crippen molar-refractivity contribution in [1.29, 1.82) is 0 Å². The van der Waals surface area contributed by atoms with E-state index in [1.807, 2.05) is 6.92 Å². The minimum atomic E-state index is -0.344. The van der Waals surface area contributed by atoms with Crippen molar-refractivity contribution in [2.45, 2.75) is 12.1 Å². The Kier molecular flexibility index (Phi) is 2.58. The Morgan fingerprint density at radius 1 is 1.82 bits per heavy atom. The molecular weight excluding hydrogens is 166 g/mol. The Balaban J connectivity index is 2.96. The monoisotopic (exact) mass is 175 g/mol. The molecule has 6 heteroatoms. The summed E-state index contributed by atoms with van der Waals surface area (Å²) in [5, 5.41) is 6.58. The minimum Gasteiger partial charge on any atom is -0.410 e. The zero-order valence-corrected chi connectivity index (χ0v) is 7.14. The molecule has 0 saturated heterocycles. The lowest BCUT2D eigenvalue weighted by atomic mass is 11.0. The Labute approximate surface area is 67.7 Å². The summed E-state index contributed by atoms with van der Waals surface area (Å²) in [5.41, 5.74) is -0.344. The Bertz CT molecular complexity index is 280. The number of rotatable bonds is 3. The molecule has 62 valence electrons. The molecule has 0 radical (unpaired) electrons. The van der Waals surface area contributed by atoms with E-state index in [2.05, 4.69) is 10.2 Å². The van der Waals surface area contributed by atoms with E-state index >= 15 is 0 Å². The van der Waals surface area contributed by atoms with Crippen LogP contribution in [-0.2, 0) is 0 Å². The van der Waals surface area contributed by atoms with Gasteiger partial charge in [0.1, 0.15) is 7.11 Å². The molecule has 0 unspecified atom stereocenters. The fourth-order valence-electron chi connectivity index (χ4n) is 0.654. The van der Waals surface area contributed by atoms with Crippen LogP contribution >= 0.6 is 11.8 Å². The standard InChI is InChI=1S/C5H9N3O2S/c1-3-11-5-7-6-4(9)8(5)10-2/h3H2,1-2H3,(H,6,9). The van der Waals surface area contributed by atoms with Gasteiger partial charge >= 0.3 is 5.69 Å². The highest BCUT2D eigenvalue weighted by Crippen LogP contribution is 2.09. The van der Waals surface area contributed by atoms with Gasteiger partial charge in [0, 0.05) is 0 Å². The summed E-state index contributed by atoms with van der Waals surface area (Å²) in [7, 11) is 1.43.